The number of halogens is 6. The maximum atomic E-state index is 15.2. The van der Waals surface area contributed by atoms with Crippen molar-refractivity contribution in [3.05, 3.63) is 128 Å². The Hall–Kier alpha value is -4.72. The van der Waals surface area contributed by atoms with Crippen LogP contribution in [-0.4, -0.2) is 38.7 Å². The number of hydrogen-bond acceptors (Lipinski definition) is 7. The number of aromatic nitrogens is 1. The number of pyridine rings is 1. The lowest BCUT2D eigenvalue weighted by Gasteiger charge is -2.50. The normalized spacial score (nSPS) is 26.7. The summed E-state index contributed by atoms with van der Waals surface area (Å²) in [6.07, 6.45) is -2.19. The number of phenols is 1. The minimum atomic E-state index is -4.75. The van der Waals surface area contributed by atoms with Crippen LogP contribution in [0.2, 0.25) is 10.0 Å². The summed E-state index contributed by atoms with van der Waals surface area (Å²) < 4.78 is 41.1. The predicted octanol–water partition coefficient (Wildman–Crippen LogP) is 8.06. The standard InChI is InChI=1S/C38H26BrCl2F3N4O5/c39-21-6-10-23(11-7-21)47-33(50)26-13-12-25-27(30(26)35(47)52)16-28-34(51)48(46-32-29(41)15-20(17-45-32)38(42,43)44)36(53)37(28,19-4-8-22(40)9-5-19)31(25)18-2-1-3-24(49)14-18/h1-12,14-15,17,26-28,30-31,49H,13,16H2,(H,45,46). The maximum Gasteiger partial charge on any atom is 0.417 e. The fraction of sp³-hybridized carbons (Fsp3) is 0.237. The van der Waals surface area contributed by atoms with Crippen LogP contribution in [0, 0.1) is 23.7 Å². The monoisotopic (exact) mass is 824 g/mol. The minimum absolute atomic E-state index is 0.0327. The first kappa shape index (κ1) is 35.3. The number of carbonyl (C=O) groups is 4. The van der Waals surface area contributed by atoms with Crippen LogP contribution in [0.25, 0.3) is 0 Å². The van der Waals surface area contributed by atoms with E-state index in [1.54, 1.807) is 60.7 Å². The molecular formula is C38H26BrCl2F3N4O5. The van der Waals surface area contributed by atoms with Gasteiger partial charge in [-0.3, -0.25) is 29.5 Å². The lowest BCUT2D eigenvalue weighted by Crippen LogP contribution is -2.53. The summed E-state index contributed by atoms with van der Waals surface area (Å²) in [5.41, 5.74) is 1.69. The number of amides is 4. The molecule has 1 aromatic heterocycles. The first-order valence-electron chi connectivity index (χ1n) is 16.5. The van der Waals surface area contributed by atoms with E-state index in [0.29, 0.717) is 39.7 Å². The summed E-state index contributed by atoms with van der Waals surface area (Å²) in [5.74, 6) is -7.19. The molecule has 2 saturated heterocycles. The summed E-state index contributed by atoms with van der Waals surface area (Å²) in [6.45, 7) is 0. The van der Waals surface area contributed by atoms with Crippen LogP contribution in [0.4, 0.5) is 24.7 Å². The number of benzene rings is 3. The molecule has 3 aromatic carbocycles. The molecule has 15 heteroatoms. The van der Waals surface area contributed by atoms with Gasteiger partial charge >= 0.3 is 6.18 Å². The topological polar surface area (TPSA) is 120 Å². The van der Waals surface area contributed by atoms with Crippen molar-refractivity contribution in [2.24, 2.45) is 23.7 Å². The zero-order chi connectivity index (χ0) is 37.6. The van der Waals surface area contributed by atoms with Gasteiger partial charge in [0.2, 0.25) is 11.8 Å². The largest absolute Gasteiger partial charge is 0.508 e. The number of aromatic hydroxyl groups is 1. The molecule has 4 aromatic rings. The van der Waals surface area contributed by atoms with E-state index in [2.05, 4.69) is 26.3 Å². The van der Waals surface area contributed by atoms with Crippen molar-refractivity contribution in [3.63, 3.8) is 0 Å². The van der Waals surface area contributed by atoms with Crippen LogP contribution in [0.3, 0.4) is 0 Å². The number of nitrogens with one attached hydrogen (secondary N) is 1. The summed E-state index contributed by atoms with van der Waals surface area (Å²) in [4.78, 5) is 63.2. The predicted molar refractivity (Wildman–Crippen MR) is 192 cm³/mol. The number of nitrogens with zero attached hydrogens (tertiary/aromatic N) is 3. The number of imide groups is 2. The van der Waals surface area contributed by atoms with Gasteiger partial charge in [0, 0.05) is 21.6 Å². The Kier molecular flexibility index (Phi) is 8.47. The highest BCUT2D eigenvalue weighted by molar-refractivity contribution is 9.10. The number of rotatable bonds is 5. The van der Waals surface area contributed by atoms with Gasteiger partial charge in [-0.05, 0) is 84.5 Å². The van der Waals surface area contributed by atoms with Gasteiger partial charge in [0.25, 0.3) is 11.8 Å². The SMILES string of the molecule is O=C1C2CC3C(=CCC4C(=O)N(c5ccc(Br)cc5)C(=O)C43)C(c3cccc(O)c3)C2(c2ccc(Cl)cc2)C(=O)N1Nc1ncc(C(F)(F)F)cc1Cl. The van der Waals surface area contributed by atoms with E-state index >= 15 is 4.79 Å². The molecule has 2 N–H and O–H groups in total. The molecule has 2 aliphatic heterocycles. The molecule has 3 heterocycles. The fourth-order valence-electron chi connectivity index (χ4n) is 8.71. The molecule has 2 aliphatic carbocycles. The van der Waals surface area contributed by atoms with Crippen LogP contribution in [0.1, 0.15) is 35.4 Å². The quantitative estimate of drug-likeness (QED) is 0.154. The number of allylic oxidation sites excluding steroid dienone is 2. The van der Waals surface area contributed by atoms with Crippen molar-refractivity contribution in [1.82, 2.24) is 9.99 Å². The van der Waals surface area contributed by atoms with Crippen molar-refractivity contribution in [2.75, 3.05) is 10.3 Å². The van der Waals surface area contributed by atoms with Crippen LogP contribution >= 0.6 is 39.1 Å². The third-order valence-electron chi connectivity index (χ3n) is 10.8. The van der Waals surface area contributed by atoms with E-state index in [0.717, 1.165) is 9.48 Å². The van der Waals surface area contributed by atoms with Crippen molar-refractivity contribution >= 4 is 74.3 Å². The van der Waals surface area contributed by atoms with E-state index in [1.807, 2.05) is 6.08 Å². The van der Waals surface area contributed by atoms with E-state index in [-0.39, 0.29) is 30.3 Å². The highest BCUT2D eigenvalue weighted by Gasteiger charge is 2.70. The minimum Gasteiger partial charge on any atom is -0.508 e. The molecule has 3 fully saturated rings. The Labute approximate surface area is 318 Å². The molecule has 0 radical (unpaired) electrons. The van der Waals surface area contributed by atoms with E-state index in [1.165, 1.54) is 17.0 Å². The van der Waals surface area contributed by atoms with Gasteiger partial charge in [0.05, 0.1) is 39.4 Å². The maximum absolute atomic E-state index is 15.2. The number of phenolic OH excluding ortho intramolecular Hbond substituents is 1. The Morgan fingerprint density at radius 2 is 1.62 bits per heavy atom. The highest BCUT2D eigenvalue weighted by atomic mass is 79.9. The third kappa shape index (κ3) is 5.46. The average molecular weight is 826 g/mol. The number of anilines is 2. The second-order valence-corrected chi connectivity index (χ2v) is 15.3. The smallest absolute Gasteiger partial charge is 0.417 e. The first-order chi connectivity index (χ1) is 25.2. The molecule has 1 saturated carbocycles. The van der Waals surface area contributed by atoms with E-state index in [9.17, 15) is 32.7 Å². The van der Waals surface area contributed by atoms with E-state index < -0.39 is 69.5 Å². The molecule has 0 spiro atoms. The molecule has 6 atom stereocenters. The van der Waals surface area contributed by atoms with Gasteiger partial charge in [-0.1, -0.05) is 75.0 Å². The molecular weight excluding hydrogens is 800 g/mol. The van der Waals surface area contributed by atoms with Gasteiger partial charge in [0.1, 0.15) is 5.75 Å². The summed E-state index contributed by atoms with van der Waals surface area (Å²) in [5, 5.41) is 11.3. The first-order valence-corrected chi connectivity index (χ1v) is 18.0. The molecule has 9 nitrogen and oxygen atoms in total. The second-order valence-electron chi connectivity index (χ2n) is 13.5. The van der Waals surface area contributed by atoms with Crippen LogP contribution in [-0.2, 0) is 30.8 Å². The number of hydrogen-bond donors (Lipinski definition) is 2. The number of hydrazine groups is 1. The Morgan fingerprint density at radius 3 is 2.28 bits per heavy atom. The zero-order valence-corrected chi connectivity index (χ0v) is 30.2. The zero-order valence-electron chi connectivity index (χ0n) is 27.2. The van der Waals surface area contributed by atoms with Gasteiger partial charge in [-0.15, -0.1) is 0 Å². The van der Waals surface area contributed by atoms with Crippen LogP contribution in [0.15, 0.2) is 101 Å². The number of carbonyl (C=O) groups excluding carboxylic acids is 4. The highest BCUT2D eigenvalue weighted by Crippen LogP contribution is 2.64. The summed E-state index contributed by atoms with van der Waals surface area (Å²) in [6, 6.07) is 20.1. The second kappa shape index (κ2) is 12.7. The summed E-state index contributed by atoms with van der Waals surface area (Å²) >= 11 is 15.9. The molecule has 4 amide bonds. The van der Waals surface area contributed by atoms with Crippen molar-refractivity contribution < 1.29 is 37.5 Å². The molecule has 6 unspecified atom stereocenters. The van der Waals surface area contributed by atoms with Crippen molar-refractivity contribution in [2.45, 2.75) is 30.4 Å². The summed E-state index contributed by atoms with van der Waals surface area (Å²) in [7, 11) is 0. The third-order valence-corrected chi connectivity index (χ3v) is 11.9. The number of alkyl halides is 3. The molecule has 4 aliphatic rings. The molecule has 8 rings (SSSR count). The molecule has 0 bridgehead atoms. The van der Waals surface area contributed by atoms with Gasteiger partial charge in [0.15, 0.2) is 5.82 Å². The van der Waals surface area contributed by atoms with Gasteiger partial charge in [-0.2, -0.15) is 18.2 Å². The van der Waals surface area contributed by atoms with Crippen LogP contribution < -0.4 is 10.3 Å². The van der Waals surface area contributed by atoms with Crippen molar-refractivity contribution in [1.29, 1.82) is 0 Å². The van der Waals surface area contributed by atoms with Crippen LogP contribution in [0.5, 0.6) is 5.75 Å². The Balaban J connectivity index is 1.30. The lowest BCUT2D eigenvalue weighted by molar-refractivity contribution is -0.139. The van der Waals surface area contributed by atoms with E-state index in [4.69, 9.17) is 23.2 Å². The number of fused-ring (bicyclic) bond motifs is 4. The average Bonchev–Trinajstić information content (AvgIpc) is 3.50. The van der Waals surface area contributed by atoms with Gasteiger partial charge < -0.3 is 5.11 Å². The van der Waals surface area contributed by atoms with Gasteiger partial charge in [-0.25, -0.2) is 4.98 Å². The molecule has 270 valence electrons. The fourth-order valence-corrected chi connectivity index (χ4v) is 9.31. The molecule has 53 heavy (non-hydrogen) atoms. The Morgan fingerprint density at radius 1 is 0.906 bits per heavy atom. The Bertz CT molecular complexity index is 2250. The lowest BCUT2D eigenvalue weighted by atomic mass is 9.49. The van der Waals surface area contributed by atoms with Crippen molar-refractivity contribution in [3.8, 4) is 5.75 Å².